The highest BCUT2D eigenvalue weighted by Gasteiger charge is 2.16. The molecular formula is C19H20N5O3+. The number of nitrogens with one attached hydrogen (secondary N) is 2. The Kier molecular flexibility index (Phi) is 5.46. The molecule has 0 spiro atoms. The van der Waals surface area contributed by atoms with Crippen molar-refractivity contribution in [2.45, 2.75) is 6.92 Å². The van der Waals surface area contributed by atoms with E-state index in [0.717, 1.165) is 11.3 Å². The number of nitrogen functional groups attached to an aromatic ring is 1. The van der Waals surface area contributed by atoms with Gasteiger partial charge >= 0.3 is 11.8 Å². The number of anilines is 1. The van der Waals surface area contributed by atoms with Crippen LogP contribution in [0.1, 0.15) is 17.3 Å². The summed E-state index contributed by atoms with van der Waals surface area (Å²) in [6.07, 6.45) is 0. The third kappa shape index (κ3) is 4.12. The molecule has 0 aliphatic carbocycles. The molecule has 1 heterocycles. The number of H-pyrrole nitrogens is 2. The van der Waals surface area contributed by atoms with E-state index in [1.807, 2.05) is 24.3 Å². The second-order valence-electron chi connectivity index (χ2n) is 5.58. The van der Waals surface area contributed by atoms with Crippen LogP contribution in [-0.4, -0.2) is 24.8 Å². The Bertz CT molecular complexity index is 946. The molecular weight excluding hydrogens is 346 g/mol. The molecule has 3 rings (SSSR count). The topological polar surface area (TPSA) is 116 Å². The fourth-order valence-electron chi connectivity index (χ4n) is 2.44. The smallest absolute Gasteiger partial charge is 0.338 e. The summed E-state index contributed by atoms with van der Waals surface area (Å²) in [6, 6.07) is 14.1. The summed E-state index contributed by atoms with van der Waals surface area (Å²) >= 11 is 0. The van der Waals surface area contributed by atoms with Crippen molar-refractivity contribution in [3.8, 4) is 17.0 Å². The summed E-state index contributed by atoms with van der Waals surface area (Å²) in [6.45, 7) is 2.09. The number of hydrogen-bond donors (Lipinski definition) is 2. The minimum Gasteiger partial charge on any atom is -0.497 e. The number of ether oxygens (including phenoxy) is 2. The van der Waals surface area contributed by atoms with Crippen LogP contribution in [0.5, 0.6) is 5.75 Å². The van der Waals surface area contributed by atoms with E-state index in [1.165, 1.54) is 0 Å². The normalized spacial score (nSPS) is 10.9. The van der Waals surface area contributed by atoms with E-state index in [4.69, 9.17) is 15.2 Å². The van der Waals surface area contributed by atoms with Crippen molar-refractivity contribution in [1.29, 1.82) is 0 Å². The summed E-state index contributed by atoms with van der Waals surface area (Å²) in [5.74, 6) is 0.757. The van der Waals surface area contributed by atoms with Crippen LogP contribution in [-0.2, 0) is 4.74 Å². The van der Waals surface area contributed by atoms with E-state index >= 15 is 0 Å². The van der Waals surface area contributed by atoms with Crippen LogP contribution >= 0.6 is 0 Å². The SMILES string of the molecule is CCOC(=O)c1ccc(N=Nc2c(-c3ccc(OC)cc3)[nH][nH+]c2N)cc1. The number of aromatic nitrogens is 2. The Balaban J connectivity index is 1.83. The van der Waals surface area contributed by atoms with E-state index < -0.39 is 0 Å². The van der Waals surface area contributed by atoms with E-state index in [-0.39, 0.29) is 5.97 Å². The van der Waals surface area contributed by atoms with E-state index in [0.29, 0.717) is 35.1 Å². The van der Waals surface area contributed by atoms with Gasteiger partial charge in [-0.25, -0.2) is 9.89 Å². The van der Waals surface area contributed by atoms with Gasteiger partial charge in [0.15, 0.2) is 0 Å². The van der Waals surface area contributed by atoms with Crippen molar-refractivity contribution < 1.29 is 19.4 Å². The lowest BCUT2D eigenvalue weighted by Crippen LogP contribution is -2.07. The third-order valence-electron chi connectivity index (χ3n) is 3.84. The number of esters is 1. The maximum atomic E-state index is 11.7. The fraction of sp³-hybridized carbons (Fsp3) is 0.158. The second-order valence-corrected chi connectivity index (χ2v) is 5.58. The molecule has 27 heavy (non-hydrogen) atoms. The van der Waals surface area contributed by atoms with Crippen LogP contribution in [0.3, 0.4) is 0 Å². The standard InChI is InChI=1S/C19H19N5O3/c1-3-27-19(25)13-4-8-14(9-5-13)21-23-17-16(22-24-18(17)20)12-6-10-15(26-2)11-7-12/h4-11H,3H2,1-2H3,(H3,20,22,24)/p+1. The zero-order chi connectivity index (χ0) is 19.2. The van der Waals surface area contributed by atoms with Gasteiger partial charge in [0.25, 0.3) is 0 Å². The Labute approximate surface area is 156 Å². The number of aromatic amines is 2. The van der Waals surface area contributed by atoms with Crippen LogP contribution in [0.25, 0.3) is 11.3 Å². The van der Waals surface area contributed by atoms with Crippen LogP contribution in [0.4, 0.5) is 17.2 Å². The summed E-state index contributed by atoms with van der Waals surface area (Å²) in [7, 11) is 1.61. The highest BCUT2D eigenvalue weighted by atomic mass is 16.5. The molecule has 0 bridgehead atoms. The summed E-state index contributed by atoms with van der Waals surface area (Å²) < 4.78 is 10.1. The zero-order valence-electron chi connectivity index (χ0n) is 15.0. The first-order valence-corrected chi connectivity index (χ1v) is 8.35. The molecule has 8 nitrogen and oxygen atoms in total. The maximum absolute atomic E-state index is 11.7. The van der Waals surface area contributed by atoms with Crippen LogP contribution in [0.2, 0.25) is 0 Å². The summed E-state index contributed by atoms with van der Waals surface area (Å²) in [5.41, 5.74) is 9.11. The number of benzene rings is 2. The van der Waals surface area contributed by atoms with Crippen molar-refractivity contribution in [2.75, 3.05) is 19.5 Å². The lowest BCUT2D eigenvalue weighted by molar-refractivity contribution is -0.432. The molecule has 0 unspecified atom stereocenters. The van der Waals surface area contributed by atoms with Gasteiger partial charge < -0.3 is 9.47 Å². The summed E-state index contributed by atoms with van der Waals surface area (Å²) in [4.78, 5) is 11.7. The minimum atomic E-state index is -0.368. The highest BCUT2D eigenvalue weighted by molar-refractivity contribution is 5.89. The van der Waals surface area contributed by atoms with Gasteiger partial charge in [0.2, 0.25) is 5.69 Å². The average molecular weight is 366 g/mol. The van der Waals surface area contributed by atoms with E-state index in [1.54, 1.807) is 38.3 Å². The molecule has 0 fully saturated rings. The Morgan fingerprint density at radius 1 is 1.11 bits per heavy atom. The molecule has 4 N–H and O–H groups in total. The number of carbonyl (C=O) groups excluding carboxylic acids is 1. The first-order valence-electron chi connectivity index (χ1n) is 8.35. The molecule has 0 radical (unpaired) electrons. The fourth-order valence-corrected chi connectivity index (χ4v) is 2.44. The molecule has 3 aromatic rings. The highest BCUT2D eigenvalue weighted by Crippen LogP contribution is 2.33. The zero-order valence-corrected chi connectivity index (χ0v) is 15.0. The number of carbonyl (C=O) groups is 1. The second kappa shape index (κ2) is 8.13. The Hall–Kier alpha value is -3.68. The molecule has 0 saturated carbocycles. The molecule has 138 valence electrons. The van der Waals surface area contributed by atoms with Crippen molar-refractivity contribution >= 4 is 23.2 Å². The lowest BCUT2D eigenvalue weighted by atomic mass is 10.1. The Morgan fingerprint density at radius 2 is 1.81 bits per heavy atom. The molecule has 8 heteroatoms. The largest absolute Gasteiger partial charge is 0.497 e. The molecule has 2 aromatic carbocycles. The lowest BCUT2D eigenvalue weighted by Gasteiger charge is -2.02. The third-order valence-corrected chi connectivity index (χ3v) is 3.84. The van der Waals surface area contributed by atoms with Gasteiger partial charge in [-0.1, -0.05) is 0 Å². The Morgan fingerprint density at radius 3 is 2.44 bits per heavy atom. The predicted octanol–water partition coefficient (Wildman–Crippen LogP) is 3.68. The van der Waals surface area contributed by atoms with Crippen molar-refractivity contribution in [3.63, 3.8) is 0 Å². The van der Waals surface area contributed by atoms with Gasteiger partial charge in [-0.15, -0.1) is 5.11 Å². The number of methoxy groups -OCH3 is 1. The van der Waals surface area contributed by atoms with Gasteiger partial charge in [0.05, 0.1) is 25.0 Å². The molecule has 0 atom stereocenters. The van der Waals surface area contributed by atoms with Gasteiger partial charge in [0, 0.05) is 5.56 Å². The molecule has 0 aliphatic rings. The monoisotopic (exact) mass is 366 g/mol. The number of azo groups is 1. The van der Waals surface area contributed by atoms with Gasteiger partial charge in [-0.05, 0) is 55.5 Å². The quantitative estimate of drug-likeness (QED) is 0.511. The number of nitrogens with zero attached hydrogens (tertiary/aromatic N) is 2. The van der Waals surface area contributed by atoms with Gasteiger partial charge in [0.1, 0.15) is 11.4 Å². The number of rotatable bonds is 6. The van der Waals surface area contributed by atoms with Crippen LogP contribution in [0.15, 0.2) is 58.8 Å². The van der Waals surface area contributed by atoms with Crippen LogP contribution in [0, 0.1) is 0 Å². The average Bonchev–Trinajstić information content (AvgIpc) is 3.07. The summed E-state index contributed by atoms with van der Waals surface area (Å²) in [5, 5.41) is 14.3. The molecule has 0 amide bonds. The van der Waals surface area contributed by atoms with Crippen LogP contribution < -0.4 is 15.6 Å². The number of nitrogens with two attached hydrogens (primary N) is 1. The number of hydrogen-bond acceptors (Lipinski definition) is 6. The van der Waals surface area contributed by atoms with E-state index in [9.17, 15) is 4.79 Å². The molecule has 0 saturated heterocycles. The first kappa shape index (κ1) is 18.1. The molecule has 1 aromatic heterocycles. The van der Waals surface area contributed by atoms with E-state index in [2.05, 4.69) is 20.4 Å². The van der Waals surface area contributed by atoms with Crippen molar-refractivity contribution in [1.82, 2.24) is 5.10 Å². The van der Waals surface area contributed by atoms with Crippen molar-refractivity contribution in [2.24, 2.45) is 10.2 Å². The predicted molar refractivity (Wildman–Crippen MR) is 100 cm³/mol. The molecule has 0 aliphatic heterocycles. The first-order chi connectivity index (χ1) is 13.1. The van der Waals surface area contributed by atoms with Gasteiger partial charge in [-0.2, -0.15) is 10.2 Å². The van der Waals surface area contributed by atoms with Gasteiger partial charge in [-0.3, -0.25) is 5.73 Å². The minimum absolute atomic E-state index is 0.331. The van der Waals surface area contributed by atoms with Crippen molar-refractivity contribution in [3.05, 3.63) is 54.1 Å². The maximum Gasteiger partial charge on any atom is 0.338 e.